The van der Waals surface area contributed by atoms with E-state index in [9.17, 15) is 45.3 Å². The first kappa shape index (κ1) is 68.6. The van der Waals surface area contributed by atoms with Gasteiger partial charge in [-0.15, -0.1) is 0 Å². The lowest BCUT2D eigenvalue weighted by atomic mass is 9.98. The zero-order valence-corrected chi connectivity index (χ0v) is 46.9. The van der Waals surface area contributed by atoms with Crippen LogP contribution in [0, 0.1) is 0 Å². The summed E-state index contributed by atoms with van der Waals surface area (Å²) in [5, 5.41) is 72.3. The van der Waals surface area contributed by atoms with Gasteiger partial charge in [0.1, 0.15) is 55.4 Å². The number of aliphatic hydroxyl groups is 7. The van der Waals surface area contributed by atoms with E-state index in [0.29, 0.717) is 12.8 Å². The lowest BCUT2D eigenvalue weighted by Crippen LogP contribution is -2.61. The summed E-state index contributed by atoms with van der Waals surface area (Å²) in [6.07, 6.45) is 31.2. The molecular formula is C59H112O15. The first-order chi connectivity index (χ1) is 36.0. The zero-order valence-electron chi connectivity index (χ0n) is 46.9. The van der Waals surface area contributed by atoms with E-state index >= 15 is 0 Å². The number of hydrogen-bond acceptors (Lipinski definition) is 15. The highest BCUT2D eigenvalue weighted by Gasteiger charge is 2.47. The molecule has 0 aromatic carbocycles. The van der Waals surface area contributed by atoms with E-state index < -0.39 is 92.7 Å². The molecule has 2 heterocycles. The van der Waals surface area contributed by atoms with E-state index in [0.717, 1.165) is 38.5 Å². The minimum absolute atomic E-state index is 0.174. The molecule has 11 atom stereocenters. The van der Waals surface area contributed by atoms with Gasteiger partial charge in [0.05, 0.1) is 19.8 Å². The van der Waals surface area contributed by atoms with Crippen molar-refractivity contribution in [2.75, 3.05) is 26.4 Å². The van der Waals surface area contributed by atoms with Crippen LogP contribution in [0.1, 0.15) is 271 Å². The van der Waals surface area contributed by atoms with Crippen molar-refractivity contribution in [3.63, 3.8) is 0 Å². The number of esters is 2. The van der Waals surface area contributed by atoms with Gasteiger partial charge in [0, 0.05) is 12.8 Å². The van der Waals surface area contributed by atoms with Crippen LogP contribution in [0.3, 0.4) is 0 Å². The second kappa shape index (κ2) is 46.4. The molecule has 11 unspecified atom stereocenters. The molecule has 0 bridgehead atoms. The third-order valence-electron chi connectivity index (χ3n) is 15.1. The number of unbranched alkanes of at least 4 members (excludes halogenated alkanes) is 36. The Balaban J connectivity index is 1.72. The summed E-state index contributed by atoms with van der Waals surface area (Å²) >= 11 is 0. The van der Waals surface area contributed by atoms with Crippen LogP contribution in [0.25, 0.3) is 0 Å². The van der Waals surface area contributed by atoms with Gasteiger partial charge in [-0.3, -0.25) is 9.59 Å². The smallest absolute Gasteiger partial charge is 0.306 e. The van der Waals surface area contributed by atoms with Crippen LogP contribution in [0.5, 0.6) is 0 Å². The zero-order chi connectivity index (χ0) is 53.9. The maximum Gasteiger partial charge on any atom is 0.306 e. The predicted molar refractivity (Wildman–Crippen MR) is 289 cm³/mol. The number of ether oxygens (including phenoxy) is 6. The average Bonchev–Trinajstić information content (AvgIpc) is 3.39. The molecule has 74 heavy (non-hydrogen) atoms. The fourth-order valence-electron chi connectivity index (χ4n) is 10.1. The minimum Gasteiger partial charge on any atom is -0.462 e. The van der Waals surface area contributed by atoms with Crippen molar-refractivity contribution in [2.24, 2.45) is 0 Å². The van der Waals surface area contributed by atoms with Crippen molar-refractivity contribution in [3.05, 3.63) is 0 Å². The van der Waals surface area contributed by atoms with Crippen LogP contribution in [-0.2, 0) is 38.0 Å². The Morgan fingerprint density at radius 1 is 0.378 bits per heavy atom. The number of aliphatic hydroxyl groups excluding tert-OH is 7. The standard InChI is InChI=1S/C59H112O15/c1-3-5-7-9-11-13-15-17-19-21-23-24-26-28-30-32-34-36-38-40-42-51(62)72-47(44-69-50(61)41-39-37-35-33-31-29-27-25-22-20-18-16-14-12-10-8-6-4-2)45-70-58-57(68)55(66)53(64)49(74-58)46-71-59-56(67)54(65)52(63)48(43-60)73-59/h47-49,52-60,63-68H,3-46H2,1-2H3. The Morgan fingerprint density at radius 2 is 0.689 bits per heavy atom. The summed E-state index contributed by atoms with van der Waals surface area (Å²) in [6, 6.07) is 0. The highest BCUT2D eigenvalue weighted by Crippen LogP contribution is 2.27. The molecular weight excluding hydrogens is 949 g/mol. The van der Waals surface area contributed by atoms with Gasteiger partial charge in [0.2, 0.25) is 0 Å². The van der Waals surface area contributed by atoms with Crippen molar-refractivity contribution in [3.8, 4) is 0 Å². The normalized spacial score (nSPS) is 24.6. The van der Waals surface area contributed by atoms with Crippen LogP contribution in [0.15, 0.2) is 0 Å². The molecule has 2 rings (SSSR count). The van der Waals surface area contributed by atoms with Gasteiger partial charge in [-0.25, -0.2) is 0 Å². The number of carbonyl (C=O) groups is 2. The quantitative estimate of drug-likeness (QED) is 0.0222. The molecule has 0 aromatic rings. The molecule has 2 fully saturated rings. The Morgan fingerprint density at radius 3 is 1.05 bits per heavy atom. The Labute approximate surface area is 448 Å². The fraction of sp³-hybridized carbons (Fsp3) is 0.966. The van der Waals surface area contributed by atoms with Crippen molar-refractivity contribution in [1.29, 1.82) is 0 Å². The molecule has 0 spiro atoms. The molecule has 0 aliphatic carbocycles. The second-order valence-electron chi connectivity index (χ2n) is 21.9. The van der Waals surface area contributed by atoms with Gasteiger partial charge in [0.15, 0.2) is 18.7 Å². The topological polar surface area (TPSA) is 231 Å². The van der Waals surface area contributed by atoms with Crippen molar-refractivity contribution in [1.82, 2.24) is 0 Å². The molecule has 438 valence electrons. The SMILES string of the molecule is CCCCCCCCCCCCCCCCCCCCCCC(=O)OC(COC(=O)CCCCCCCCCCCCCCCCCCCC)COC1OC(COC2OC(CO)C(O)C(O)C2O)C(O)C(O)C1O. The predicted octanol–water partition coefficient (Wildman–Crippen LogP) is 10.7. The van der Waals surface area contributed by atoms with Gasteiger partial charge in [-0.05, 0) is 12.8 Å². The van der Waals surface area contributed by atoms with Crippen LogP contribution in [-0.4, -0.2) is 142 Å². The first-order valence-corrected chi connectivity index (χ1v) is 30.6. The van der Waals surface area contributed by atoms with Crippen molar-refractivity contribution < 1.29 is 73.8 Å². The molecule has 0 amide bonds. The number of hydrogen-bond donors (Lipinski definition) is 7. The highest BCUT2D eigenvalue weighted by atomic mass is 16.7. The molecule has 15 nitrogen and oxygen atoms in total. The molecule has 2 aliphatic heterocycles. The van der Waals surface area contributed by atoms with Gasteiger partial charge in [-0.1, -0.05) is 245 Å². The lowest BCUT2D eigenvalue weighted by Gasteiger charge is -2.42. The Hall–Kier alpha value is -1.50. The largest absolute Gasteiger partial charge is 0.462 e. The number of rotatable bonds is 50. The van der Waals surface area contributed by atoms with Crippen molar-refractivity contribution >= 4 is 11.9 Å². The van der Waals surface area contributed by atoms with Gasteiger partial charge in [0.25, 0.3) is 0 Å². The van der Waals surface area contributed by atoms with E-state index in [1.807, 2.05) is 0 Å². The van der Waals surface area contributed by atoms with E-state index in [-0.39, 0.29) is 26.1 Å². The van der Waals surface area contributed by atoms with E-state index in [2.05, 4.69) is 13.8 Å². The summed E-state index contributed by atoms with van der Waals surface area (Å²) in [6.45, 7) is 2.67. The Bertz CT molecular complexity index is 1290. The summed E-state index contributed by atoms with van der Waals surface area (Å²) in [5.74, 6) is -0.901. The van der Waals surface area contributed by atoms with Gasteiger partial charge >= 0.3 is 11.9 Å². The van der Waals surface area contributed by atoms with Crippen LogP contribution in [0.2, 0.25) is 0 Å². The molecule has 0 aromatic heterocycles. The summed E-state index contributed by atoms with van der Waals surface area (Å²) in [4.78, 5) is 25.9. The minimum atomic E-state index is -1.76. The van der Waals surface area contributed by atoms with Gasteiger partial charge in [-0.2, -0.15) is 0 Å². The monoisotopic (exact) mass is 1060 g/mol. The summed E-state index contributed by atoms with van der Waals surface area (Å²) < 4.78 is 33.8. The first-order valence-electron chi connectivity index (χ1n) is 30.6. The highest BCUT2D eigenvalue weighted by molar-refractivity contribution is 5.70. The molecule has 15 heteroatoms. The fourth-order valence-corrected chi connectivity index (χ4v) is 10.1. The molecule has 0 saturated carbocycles. The third kappa shape index (κ3) is 33.1. The molecule has 2 aliphatic rings. The molecule has 0 radical (unpaired) electrons. The average molecular weight is 1060 g/mol. The summed E-state index contributed by atoms with van der Waals surface area (Å²) in [5.41, 5.74) is 0. The number of carbonyl (C=O) groups excluding carboxylic acids is 2. The van der Waals surface area contributed by atoms with E-state index in [4.69, 9.17) is 28.4 Å². The van der Waals surface area contributed by atoms with Crippen LogP contribution in [0.4, 0.5) is 0 Å². The van der Waals surface area contributed by atoms with Crippen molar-refractivity contribution in [2.45, 2.75) is 338 Å². The molecule has 7 N–H and O–H groups in total. The maximum absolute atomic E-state index is 13.1. The summed E-state index contributed by atoms with van der Waals surface area (Å²) in [7, 11) is 0. The molecule has 2 saturated heterocycles. The van der Waals surface area contributed by atoms with E-state index in [1.165, 1.54) is 193 Å². The van der Waals surface area contributed by atoms with Crippen LogP contribution >= 0.6 is 0 Å². The van der Waals surface area contributed by atoms with Crippen LogP contribution < -0.4 is 0 Å². The third-order valence-corrected chi connectivity index (χ3v) is 15.1. The maximum atomic E-state index is 13.1. The Kier molecular flexibility index (Phi) is 43.0. The lowest BCUT2D eigenvalue weighted by molar-refractivity contribution is -0.332. The second-order valence-corrected chi connectivity index (χ2v) is 21.9. The van der Waals surface area contributed by atoms with Gasteiger partial charge < -0.3 is 64.2 Å². The van der Waals surface area contributed by atoms with E-state index in [1.54, 1.807) is 0 Å².